The molecule has 26 nitrogen and oxygen atoms in total. The van der Waals surface area contributed by atoms with E-state index >= 15 is 0 Å². The monoisotopic (exact) mass is 1070 g/mol. The van der Waals surface area contributed by atoms with Crippen molar-refractivity contribution in [3.8, 4) is 0 Å². The van der Waals surface area contributed by atoms with Crippen molar-refractivity contribution in [2.24, 2.45) is 5.73 Å². The van der Waals surface area contributed by atoms with Gasteiger partial charge < -0.3 is 80.6 Å². The molecule has 8 atom stereocenters. The Bertz CT molecular complexity index is 2170. The molecule has 73 heavy (non-hydrogen) atoms. The highest BCUT2D eigenvalue weighted by Gasteiger charge is 2.40. The van der Waals surface area contributed by atoms with Crippen molar-refractivity contribution in [3.05, 3.63) is 54.1 Å². The molecule has 2 aromatic rings. The number of hydrogen-bond acceptors (Lipinski definition) is 17. The van der Waals surface area contributed by atoms with E-state index in [0.717, 1.165) is 0 Å². The molecular formula is C45H71N10O16PS. The minimum Gasteiger partial charge on any atom is -0.756 e. The number of likely N-dealkylation sites (tertiary alicyclic amines) is 2. The predicted octanol–water partition coefficient (Wildman–Crippen LogP) is -2.68. The van der Waals surface area contributed by atoms with Crippen LogP contribution in [0.4, 0.5) is 0 Å². The van der Waals surface area contributed by atoms with E-state index in [1.807, 2.05) is 27.4 Å². The Balaban J connectivity index is 0.000000752. The number of amides is 6. The van der Waals surface area contributed by atoms with Crippen molar-refractivity contribution in [2.45, 2.75) is 100 Å². The third kappa shape index (κ3) is 22.2. The third-order valence-corrected chi connectivity index (χ3v) is 13.1. The maximum absolute atomic E-state index is 14.3. The van der Waals surface area contributed by atoms with Gasteiger partial charge in [-0.2, -0.15) is 11.8 Å². The number of phosphoric acid groups is 1. The summed E-state index contributed by atoms with van der Waals surface area (Å²) in [5.41, 5.74) is 7.13. The number of imidazole rings is 1. The number of thioether (sulfide) groups is 1. The van der Waals surface area contributed by atoms with Crippen molar-refractivity contribution >= 4 is 67.0 Å². The number of carboxylic acids is 2. The molecule has 2 fully saturated rings. The summed E-state index contributed by atoms with van der Waals surface area (Å²) in [4.78, 5) is 125. The molecule has 2 aliphatic heterocycles. The van der Waals surface area contributed by atoms with Gasteiger partial charge in [-0.15, -0.1) is 0 Å². The Kier molecular flexibility index (Phi) is 25.9. The van der Waals surface area contributed by atoms with Crippen molar-refractivity contribution in [3.63, 3.8) is 0 Å². The molecule has 11 N–H and O–H groups in total. The summed E-state index contributed by atoms with van der Waals surface area (Å²) in [5, 5.41) is 46.6. The lowest BCUT2D eigenvalue weighted by Crippen LogP contribution is -2.59. The van der Waals surface area contributed by atoms with Crippen molar-refractivity contribution in [1.82, 2.24) is 41.0 Å². The number of aromatic nitrogens is 2. The predicted molar refractivity (Wildman–Crippen MR) is 262 cm³/mol. The van der Waals surface area contributed by atoms with Gasteiger partial charge in [0.25, 0.3) is 7.82 Å². The topological polar surface area (TPSA) is 385 Å². The summed E-state index contributed by atoms with van der Waals surface area (Å²) in [6.45, 7) is -0.541. The highest BCUT2D eigenvalue weighted by molar-refractivity contribution is 7.98. The zero-order valence-electron chi connectivity index (χ0n) is 41.5. The second-order valence-electron chi connectivity index (χ2n) is 18.4. The number of rotatable bonds is 29. The number of carbonyl (C=O) groups excluding carboxylic acids is 6. The molecule has 1 unspecified atom stereocenters. The lowest BCUT2D eigenvalue weighted by atomic mass is 10.0. The van der Waals surface area contributed by atoms with Crippen LogP contribution in [0.25, 0.3) is 0 Å². The largest absolute Gasteiger partial charge is 0.756 e. The van der Waals surface area contributed by atoms with Crippen LogP contribution in [0, 0.1) is 0 Å². The Hall–Kier alpha value is -5.51. The van der Waals surface area contributed by atoms with Gasteiger partial charge in [-0.1, -0.05) is 30.3 Å². The molecular weight excluding hydrogens is 1000 g/mol. The molecule has 0 spiro atoms. The molecule has 4 rings (SSSR count). The number of carboxylic acid groups (broad SMARTS) is 2. The lowest BCUT2D eigenvalue weighted by Gasteiger charge is -2.30. The average Bonchev–Trinajstić information content (AvgIpc) is 4.16. The molecule has 1 aromatic heterocycles. The maximum atomic E-state index is 14.3. The summed E-state index contributed by atoms with van der Waals surface area (Å²) in [6, 6.07) is 2.00. The van der Waals surface area contributed by atoms with E-state index in [4.69, 9.17) is 15.9 Å². The number of nitrogens with zero attached hydrogens (tertiary/aromatic N) is 4. The number of H-pyrrole nitrogens is 1. The number of benzene rings is 1. The van der Waals surface area contributed by atoms with E-state index in [1.54, 1.807) is 30.3 Å². The number of nitrogens with one attached hydrogen (secondary N) is 5. The first kappa shape index (κ1) is 61.8. The van der Waals surface area contributed by atoms with E-state index in [1.165, 1.54) is 34.1 Å². The summed E-state index contributed by atoms with van der Waals surface area (Å²) in [7, 11) is 1.32. The van der Waals surface area contributed by atoms with E-state index in [9.17, 15) is 58.0 Å². The van der Waals surface area contributed by atoms with Crippen LogP contribution in [-0.2, 0) is 64.8 Å². The van der Waals surface area contributed by atoms with Gasteiger partial charge in [0.15, 0.2) is 0 Å². The molecule has 0 bridgehead atoms. The van der Waals surface area contributed by atoms with Crippen LogP contribution in [0.1, 0.15) is 56.2 Å². The van der Waals surface area contributed by atoms with Gasteiger partial charge in [0, 0.05) is 44.2 Å². The number of quaternary nitrogens is 1. The standard InChI is InChI=1S/C37H51N9O10S.C8H20NO6P/c1-57-16-13-24(38)32(50)42-25(11-12-31(48)49)33(51)43-26(18-23-19-39-21-41-23)34(52)44-27(17-22-7-3-2-4-8-22)36(54)46-15-5-9-28(46)35(53)40-20-30(47)45-14-6-10-29(45)37(55)56;1-9(2,3)4-5-14-16(12,13)15-7-8(11)6-10/h2-4,7-8,19,21,24-29H,5-6,9-18,20,38H2,1H3,(H,39,41)(H,40,53)(H,42,50)(H,43,51)(H,44,52)(H,48,49)(H,55,56);8,10-11H,4-7H2,1-3H3/t24-,25-,26-,27-,28-,29-;8-/m01/s1. The second kappa shape index (κ2) is 30.6. The fourth-order valence-corrected chi connectivity index (χ4v) is 8.74. The molecule has 2 saturated heterocycles. The van der Waals surface area contributed by atoms with Crippen LogP contribution in [0.3, 0.4) is 0 Å². The van der Waals surface area contributed by atoms with Crippen LogP contribution in [0.2, 0.25) is 0 Å². The maximum Gasteiger partial charge on any atom is 0.326 e. The Morgan fingerprint density at radius 2 is 1.53 bits per heavy atom. The molecule has 408 valence electrons. The second-order valence-corrected chi connectivity index (χ2v) is 20.8. The highest BCUT2D eigenvalue weighted by atomic mass is 32.2. The summed E-state index contributed by atoms with van der Waals surface area (Å²) in [5.74, 6) is -5.77. The van der Waals surface area contributed by atoms with Crippen molar-refractivity contribution < 1.29 is 81.8 Å². The molecule has 0 radical (unpaired) electrons. The number of phosphoric ester groups is 1. The number of hydrogen-bond donors (Lipinski definition) is 10. The SMILES string of the molecule is CSCC[C@H](N)C(=O)N[C@@H](CCC(=O)O)C(=O)N[C@@H](Cc1cnc[nH]1)C(=O)N[C@@H](Cc1ccccc1)C(=O)N1CCC[C@H]1C(=O)NCC(=O)N1CCC[C@H]1C(=O)O.C[N+](C)(C)CCOP(=O)([O-])OC[C@H](O)CO. The zero-order valence-corrected chi connectivity index (χ0v) is 43.2. The molecule has 28 heteroatoms. The minimum atomic E-state index is -4.38. The average molecular weight is 1070 g/mol. The molecule has 0 saturated carbocycles. The van der Waals surface area contributed by atoms with Gasteiger partial charge in [-0.25, -0.2) is 9.78 Å². The van der Waals surface area contributed by atoms with Crippen LogP contribution < -0.4 is 31.9 Å². The fraction of sp³-hybridized carbons (Fsp3) is 0.622. The number of nitrogens with two attached hydrogens (primary N) is 1. The lowest BCUT2D eigenvalue weighted by molar-refractivity contribution is -0.870. The van der Waals surface area contributed by atoms with Crippen LogP contribution in [0.5, 0.6) is 0 Å². The Labute approximate surface area is 427 Å². The minimum absolute atomic E-state index is 0.0101. The first-order chi connectivity index (χ1) is 34.4. The van der Waals surface area contributed by atoms with E-state index in [2.05, 4.69) is 40.3 Å². The van der Waals surface area contributed by atoms with Gasteiger partial charge in [0.05, 0.1) is 53.3 Å². The van der Waals surface area contributed by atoms with Gasteiger partial charge in [-0.05, 0) is 56.1 Å². The van der Waals surface area contributed by atoms with Gasteiger partial charge >= 0.3 is 11.9 Å². The van der Waals surface area contributed by atoms with Crippen molar-refractivity contribution in [1.29, 1.82) is 0 Å². The van der Waals surface area contributed by atoms with Crippen LogP contribution >= 0.6 is 19.6 Å². The van der Waals surface area contributed by atoms with Gasteiger partial charge in [-0.3, -0.25) is 38.1 Å². The molecule has 1 aromatic carbocycles. The normalized spacial score (nSPS) is 18.4. The summed E-state index contributed by atoms with van der Waals surface area (Å²) < 4.78 is 20.6. The number of aromatic amines is 1. The van der Waals surface area contributed by atoms with Crippen molar-refractivity contribution in [2.75, 3.05) is 79.2 Å². The summed E-state index contributed by atoms with van der Waals surface area (Å²) in [6.07, 6.45) is 4.46. The molecule has 6 amide bonds. The van der Waals surface area contributed by atoms with E-state index in [0.29, 0.717) is 53.7 Å². The first-order valence-electron chi connectivity index (χ1n) is 23.6. The highest BCUT2D eigenvalue weighted by Crippen LogP contribution is 2.38. The number of carbonyl (C=O) groups is 8. The molecule has 3 heterocycles. The van der Waals surface area contributed by atoms with Gasteiger partial charge in [0.1, 0.15) is 49.5 Å². The number of likely N-dealkylation sites (N-methyl/N-ethyl adjacent to an activating group) is 1. The summed E-state index contributed by atoms with van der Waals surface area (Å²) >= 11 is 1.48. The first-order valence-corrected chi connectivity index (χ1v) is 26.5. The number of aliphatic hydroxyl groups is 2. The van der Waals surface area contributed by atoms with E-state index < -0.39 is 124 Å². The molecule has 2 aliphatic rings. The number of aliphatic carboxylic acids is 2. The smallest absolute Gasteiger partial charge is 0.326 e. The van der Waals surface area contributed by atoms with Crippen LogP contribution in [-0.4, -0.2) is 214 Å². The fourth-order valence-electron chi connectivity index (χ4n) is 7.51. The Morgan fingerprint density at radius 3 is 2.14 bits per heavy atom. The third-order valence-electron chi connectivity index (χ3n) is 11.5. The van der Waals surface area contributed by atoms with Gasteiger partial charge in [0.2, 0.25) is 35.4 Å². The quantitative estimate of drug-likeness (QED) is 0.0293. The number of aliphatic hydroxyl groups excluding tert-OH is 2. The van der Waals surface area contributed by atoms with Crippen LogP contribution in [0.15, 0.2) is 42.9 Å². The van der Waals surface area contributed by atoms with E-state index in [-0.39, 0.29) is 45.4 Å². The Morgan fingerprint density at radius 1 is 0.904 bits per heavy atom. The zero-order chi connectivity index (χ0) is 54.3. The molecule has 0 aliphatic carbocycles.